The molecule has 0 amide bonds. The van der Waals surface area contributed by atoms with Crippen molar-refractivity contribution >= 4 is 0 Å². The van der Waals surface area contributed by atoms with E-state index in [-0.39, 0.29) is 5.75 Å². The van der Waals surface area contributed by atoms with E-state index < -0.39 is 6.36 Å². The number of nitriles is 1. The van der Waals surface area contributed by atoms with E-state index >= 15 is 0 Å². The summed E-state index contributed by atoms with van der Waals surface area (Å²) < 4.78 is 39.6. The molecule has 6 heteroatoms. The van der Waals surface area contributed by atoms with Crippen molar-refractivity contribution in [3.8, 4) is 11.8 Å². The first-order valence-electron chi connectivity index (χ1n) is 5.31. The zero-order chi connectivity index (χ0) is 13.6. The molecule has 18 heavy (non-hydrogen) atoms. The SMILES string of the molecule is CN(CCC#N)Cc1ccc(OC(F)(F)F)cc1. The molecule has 1 aromatic carbocycles. The highest BCUT2D eigenvalue weighted by Crippen LogP contribution is 2.22. The second-order valence-electron chi connectivity index (χ2n) is 3.84. The first-order valence-corrected chi connectivity index (χ1v) is 5.31. The normalized spacial score (nSPS) is 11.3. The molecule has 0 saturated heterocycles. The monoisotopic (exact) mass is 258 g/mol. The summed E-state index contributed by atoms with van der Waals surface area (Å²) in [5.74, 6) is -0.231. The number of ether oxygens (including phenoxy) is 1. The predicted octanol–water partition coefficient (Wildman–Crippen LogP) is 2.93. The lowest BCUT2D eigenvalue weighted by molar-refractivity contribution is -0.274. The van der Waals surface area contributed by atoms with Gasteiger partial charge >= 0.3 is 6.36 Å². The average molecular weight is 258 g/mol. The Labute approximate surface area is 103 Å². The average Bonchev–Trinajstić information content (AvgIpc) is 2.27. The molecule has 98 valence electrons. The molecule has 0 aliphatic rings. The van der Waals surface area contributed by atoms with Crippen molar-refractivity contribution in [2.45, 2.75) is 19.3 Å². The van der Waals surface area contributed by atoms with Gasteiger partial charge in [-0.25, -0.2) is 0 Å². The van der Waals surface area contributed by atoms with E-state index in [4.69, 9.17) is 5.26 Å². The van der Waals surface area contributed by atoms with E-state index in [1.807, 2.05) is 18.0 Å². The van der Waals surface area contributed by atoms with Gasteiger partial charge in [0.25, 0.3) is 0 Å². The summed E-state index contributed by atoms with van der Waals surface area (Å²) in [4.78, 5) is 1.92. The Balaban J connectivity index is 2.53. The number of halogens is 3. The van der Waals surface area contributed by atoms with E-state index in [1.54, 1.807) is 12.1 Å². The maximum atomic E-state index is 11.9. The molecule has 0 fully saturated rings. The number of hydrogen-bond acceptors (Lipinski definition) is 3. The summed E-state index contributed by atoms with van der Waals surface area (Å²) in [7, 11) is 1.84. The fraction of sp³-hybridized carbons (Fsp3) is 0.417. The molecule has 1 aromatic rings. The van der Waals surface area contributed by atoms with Crippen molar-refractivity contribution < 1.29 is 17.9 Å². The summed E-state index contributed by atoms with van der Waals surface area (Å²) in [6.07, 6.45) is -4.24. The minimum atomic E-state index is -4.66. The van der Waals surface area contributed by atoms with Crippen molar-refractivity contribution in [1.82, 2.24) is 4.90 Å². The van der Waals surface area contributed by atoms with E-state index in [1.165, 1.54) is 12.1 Å². The van der Waals surface area contributed by atoms with Gasteiger partial charge in [0.1, 0.15) is 5.75 Å². The van der Waals surface area contributed by atoms with Gasteiger partial charge < -0.3 is 9.64 Å². The number of benzene rings is 1. The third-order valence-electron chi connectivity index (χ3n) is 2.21. The lowest BCUT2D eigenvalue weighted by Gasteiger charge is -2.15. The topological polar surface area (TPSA) is 36.3 Å². The van der Waals surface area contributed by atoms with Crippen LogP contribution < -0.4 is 4.74 Å². The van der Waals surface area contributed by atoms with Gasteiger partial charge in [0.05, 0.1) is 6.07 Å². The van der Waals surface area contributed by atoms with Crippen LogP contribution in [-0.2, 0) is 6.54 Å². The van der Waals surface area contributed by atoms with Gasteiger partial charge in [-0.05, 0) is 24.7 Å². The maximum absolute atomic E-state index is 11.9. The molecule has 0 unspecified atom stereocenters. The Bertz CT molecular complexity index is 409. The molecule has 0 spiro atoms. The second-order valence-corrected chi connectivity index (χ2v) is 3.84. The van der Waals surface area contributed by atoms with Gasteiger partial charge in [-0.3, -0.25) is 0 Å². The molecule has 0 atom stereocenters. The first kappa shape index (κ1) is 14.3. The summed E-state index contributed by atoms with van der Waals surface area (Å²) in [5, 5.41) is 8.43. The van der Waals surface area contributed by atoms with Crippen LogP contribution in [0.4, 0.5) is 13.2 Å². The lowest BCUT2D eigenvalue weighted by atomic mass is 10.2. The Morgan fingerprint density at radius 3 is 2.39 bits per heavy atom. The summed E-state index contributed by atoms with van der Waals surface area (Å²) in [6, 6.07) is 7.74. The van der Waals surface area contributed by atoms with Gasteiger partial charge in [0, 0.05) is 19.5 Å². The van der Waals surface area contributed by atoms with Crippen LogP contribution in [0.25, 0.3) is 0 Å². The van der Waals surface area contributed by atoms with Crippen molar-refractivity contribution in [1.29, 1.82) is 5.26 Å². The molecule has 0 radical (unpaired) electrons. The van der Waals surface area contributed by atoms with E-state index in [0.29, 0.717) is 19.5 Å². The van der Waals surface area contributed by atoms with Crippen molar-refractivity contribution in [2.75, 3.05) is 13.6 Å². The highest BCUT2D eigenvalue weighted by atomic mass is 19.4. The molecule has 0 aliphatic heterocycles. The van der Waals surface area contributed by atoms with Gasteiger partial charge in [-0.1, -0.05) is 12.1 Å². The van der Waals surface area contributed by atoms with E-state index in [2.05, 4.69) is 4.74 Å². The van der Waals surface area contributed by atoms with Crippen LogP contribution in [0.5, 0.6) is 5.75 Å². The summed E-state index contributed by atoms with van der Waals surface area (Å²) in [6.45, 7) is 1.20. The third kappa shape index (κ3) is 5.55. The van der Waals surface area contributed by atoms with Crippen LogP contribution in [0.2, 0.25) is 0 Å². The van der Waals surface area contributed by atoms with Crippen LogP contribution in [0, 0.1) is 11.3 Å². The first-order chi connectivity index (χ1) is 8.40. The van der Waals surface area contributed by atoms with Gasteiger partial charge in [-0.2, -0.15) is 5.26 Å². The molecule has 0 aromatic heterocycles. The number of rotatable bonds is 5. The molecular weight excluding hydrogens is 245 g/mol. The van der Waals surface area contributed by atoms with Crippen LogP contribution >= 0.6 is 0 Å². The molecule has 0 bridgehead atoms. The van der Waals surface area contributed by atoms with Crippen molar-refractivity contribution in [3.05, 3.63) is 29.8 Å². The van der Waals surface area contributed by atoms with Crippen LogP contribution in [-0.4, -0.2) is 24.9 Å². The smallest absolute Gasteiger partial charge is 0.406 e. The molecule has 3 nitrogen and oxygen atoms in total. The number of hydrogen-bond donors (Lipinski definition) is 0. The zero-order valence-electron chi connectivity index (χ0n) is 9.87. The van der Waals surface area contributed by atoms with Gasteiger partial charge in [-0.15, -0.1) is 13.2 Å². The van der Waals surface area contributed by atoms with Crippen molar-refractivity contribution in [3.63, 3.8) is 0 Å². The molecule has 0 aliphatic carbocycles. The maximum Gasteiger partial charge on any atom is 0.573 e. The Kier molecular flexibility index (Phi) is 4.98. The largest absolute Gasteiger partial charge is 0.573 e. The Morgan fingerprint density at radius 2 is 1.89 bits per heavy atom. The van der Waals surface area contributed by atoms with Gasteiger partial charge in [0.2, 0.25) is 0 Å². The molecular formula is C12H13F3N2O. The van der Waals surface area contributed by atoms with Crippen LogP contribution in [0.15, 0.2) is 24.3 Å². The lowest BCUT2D eigenvalue weighted by Crippen LogP contribution is -2.19. The predicted molar refractivity (Wildman–Crippen MR) is 59.7 cm³/mol. The quantitative estimate of drug-likeness (QED) is 0.814. The number of nitrogens with zero attached hydrogens (tertiary/aromatic N) is 2. The molecule has 0 heterocycles. The zero-order valence-corrected chi connectivity index (χ0v) is 9.87. The Morgan fingerprint density at radius 1 is 1.28 bits per heavy atom. The standard InChI is InChI=1S/C12H13F3N2O/c1-17(8-2-7-16)9-10-3-5-11(6-4-10)18-12(13,14)15/h3-6H,2,8-9H2,1H3. The van der Waals surface area contributed by atoms with E-state index in [0.717, 1.165) is 5.56 Å². The highest BCUT2D eigenvalue weighted by Gasteiger charge is 2.30. The molecule has 0 N–H and O–H groups in total. The van der Waals surface area contributed by atoms with Crippen LogP contribution in [0.3, 0.4) is 0 Å². The summed E-state index contributed by atoms with van der Waals surface area (Å²) >= 11 is 0. The minimum Gasteiger partial charge on any atom is -0.406 e. The Hall–Kier alpha value is -1.74. The van der Waals surface area contributed by atoms with E-state index in [9.17, 15) is 13.2 Å². The molecule has 1 rings (SSSR count). The fourth-order valence-corrected chi connectivity index (χ4v) is 1.43. The van der Waals surface area contributed by atoms with Gasteiger partial charge in [0.15, 0.2) is 0 Å². The van der Waals surface area contributed by atoms with Crippen molar-refractivity contribution in [2.24, 2.45) is 0 Å². The van der Waals surface area contributed by atoms with Crippen LogP contribution in [0.1, 0.15) is 12.0 Å². The highest BCUT2D eigenvalue weighted by molar-refractivity contribution is 5.27. The summed E-state index contributed by atoms with van der Waals surface area (Å²) in [5.41, 5.74) is 0.866. The molecule has 0 saturated carbocycles. The minimum absolute atomic E-state index is 0.231. The third-order valence-corrected chi connectivity index (χ3v) is 2.21. The second kappa shape index (κ2) is 6.26. The fourth-order valence-electron chi connectivity index (χ4n) is 1.43. The number of alkyl halides is 3.